The molecule has 3 nitrogen and oxygen atoms in total. The summed E-state index contributed by atoms with van der Waals surface area (Å²) in [5.74, 6) is -0.819. The second-order valence-electron chi connectivity index (χ2n) is 6.16. The molecule has 0 aliphatic carbocycles. The van der Waals surface area contributed by atoms with E-state index in [4.69, 9.17) is 0 Å². The van der Waals surface area contributed by atoms with Gasteiger partial charge in [0.15, 0.2) is 0 Å². The highest BCUT2D eigenvalue weighted by molar-refractivity contribution is 5.80. The van der Waals surface area contributed by atoms with Crippen molar-refractivity contribution in [2.45, 2.75) is 33.2 Å². The Hall–Kier alpha value is -1.35. The summed E-state index contributed by atoms with van der Waals surface area (Å²) in [6.45, 7) is 8.80. The minimum atomic E-state index is -0.992. The van der Waals surface area contributed by atoms with Crippen LogP contribution in [0.4, 0.5) is 0 Å². The van der Waals surface area contributed by atoms with Gasteiger partial charge in [-0.2, -0.15) is 0 Å². The van der Waals surface area contributed by atoms with Crippen molar-refractivity contribution < 1.29 is 9.90 Å². The predicted molar refractivity (Wildman–Crippen MR) is 73.5 cm³/mol. The maximum atomic E-state index is 11.7. The van der Waals surface area contributed by atoms with Gasteiger partial charge < -0.3 is 5.11 Å². The molecule has 1 aromatic rings. The molecule has 1 unspecified atom stereocenters. The zero-order valence-electron chi connectivity index (χ0n) is 11.9. The Morgan fingerprint density at radius 2 is 1.67 bits per heavy atom. The zero-order chi connectivity index (χ0) is 14.0. The van der Waals surface area contributed by atoms with Crippen molar-refractivity contribution in [1.29, 1.82) is 0 Å². The monoisotopic (exact) mass is 249 g/mol. The third-order valence-corrected chi connectivity index (χ3v) is 3.23. The van der Waals surface area contributed by atoms with Crippen LogP contribution in [-0.4, -0.2) is 29.6 Å². The molecule has 0 radical (unpaired) electrons. The van der Waals surface area contributed by atoms with E-state index in [9.17, 15) is 9.90 Å². The number of nitrogens with zero attached hydrogens (tertiary/aromatic N) is 1. The standard InChI is InChI=1S/C15H23NO2/c1-14(2,3)11-16(5)15(4,13(17)18)12-9-7-6-8-10-12/h6-10H,11H2,1-5H3,(H,17,18). The molecule has 0 saturated heterocycles. The van der Waals surface area contributed by atoms with Crippen LogP contribution in [0.15, 0.2) is 30.3 Å². The number of hydrogen-bond acceptors (Lipinski definition) is 2. The first kappa shape index (κ1) is 14.7. The first-order valence-electron chi connectivity index (χ1n) is 6.18. The Morgan fingerprint density at radius 3 is 2.06 bits per heavy atom. The van der Waals surface area contributed by atoms with Gasteiger partial charge in [0.05, 0.1) is 0 Å². The topological polar surface area (TPSA) is 40.5 Å². The van der Waals surface area contributed by atoms with Crippen molar-refractivity contribution in [3.63, 3.8) is 0 Å². The number of rotatable bonds is 4. The number of carboxylic acid groups (broad SMARTS) is 1. The molecule has 0 saturated carbocycles. The largest absolute Gasteiger partial charge is 0.480 e. The SMILES string of the molecule is CN(CC(C)(C)C)C(C)(C(=O)O)c1ccccc1. The molecule has 1 N–H and O–H groups in total. The number of benzene rings is 1. The fourth-order valence-electron chi connectivity index (χ4n) is 2.14. The van der Waals surface area contributed by atoms with E-state index < -0.39 is 11.5 Å². The average Bonchev–Trinajstić information content (AvgIpc) is 2.26. The van der Waals surface area contributed by atoms with E-state index in [1.807, 2.05) is 42.3 Å². The Balaban J connectivity index is 3.13. The van der Waals surface area contributed by atoms with Crippen molar-refractivity contribution in [1.82, 2.24) is 4.90 Å². The highest BCUT2D eigenvalue weighted by Gasteiger charge is 2.40. The van der Waals surface area contributed by atoms with Crippen molar-refractivity contribution in [2.75, 3.05) is 13.6 Å². The van der Waals surface area contributed by atoms with Crippen LogP contribution in [-0.2, 0) is 10.3 Å². The molecule has 0 aliphatic heterocycles. The van der Waals surface area contributed by atoms with Crippen LogP contribution in [0.2, 0.25) is 0 Å². The molecule has 0 fully saturated rings. The molecule has 1 rings (SSSR count). The molecule has 0 amide bonds. The van der Waals surface area contributed by atoms with E-state index in [2.05, 4.69) is 20.8 Å². The summed E-state index contributed by atoms with van der Waals surface area (Å²) in [5.41, 5.74) is -0.126. The first-order valence-corrected chi connectivity index (χ1v) is 6.18. The highest BCUT2D eigenvalue weighted by atomic mass is 16.4. The van der Waals surface area contributed by atoms with Gasteiger partial charge in [-0.05, 0) is 24.9 Å². The molecular weight excluding hydrogens is 226 g/mol. The van der Waals surface area contributed by atoms with Gasteiger partial charge in [0.25, 0.3) is 0 Å². The second-order valence-corrected chi connectivity index (χ2v) is 6.16. The lowest BCUT2D eigenvalue weighted by atomic mass is 9.87. The summed E-state index contributed by atoms with van der Waals surface area (Å²) in [6, 6.07) is 9.39. The first-order chi connectivity index (χ1) is 8.18. The van der Waals surface area contributed by atoms with Crippen LogP contribution in [0.3, 0.4) is 0 Å². The molecule has 1 aromatic carbocycles. The summed E-state index contributed by atoms with van der Waals surface area (Å²) in [6.07, 6.45) is 0. The van der Waals surface area contributed by atoms with E-state index in [0.29, 0.717) is 6.54 Å². The summed E-state index contributed by atoms with van der Waals surface area (Å²) in [4.78, 5) is 13.6. The fraction of sp³-hybridized carbons (Fsp3) is 0.533. The van der Waals surface area contributed by atoms with Gasteiger partial charge in [0.1, 0.15) is 5.54 Å². The van der Waals surface area contributed by atoms with Gasteiger partial charge >= 0.3 is 5.97 Å². The zero-order valence-corrected chi connectivity index (χ0v) is 11.9. The molecule has 100 valence electrons. The van der Waals surface area contributed by atoms with E-state index in [-0.39, 0.29) is 5.41 Å². The highest BCUT2D eigenvalue weighted by Crippen LogP contribution is 2.30. The van der Waals surface area contributed by atoms with Gasteiger partial charge in [-0.25, -0.2) is 4.79 Å². The van der Waals surface area contributed by atoms with Crippen LogP contribution >= 0.6 is 0 Å². The van der Waals surface area contributed by atoms with E-state index in [0.717, 1.165) is 5.56 Å². The lowest BCUT2D eigenvalue weighted by Gasteiger charge is -2.39. The van der Waals surface area contributed by atoms with Gasteiger partial charge in [-0.1, -0.05) is 51.1 Å². The van der Waals surface area contributed by atoms with Crippen LogP contribution in [0.5, 0.6) is 0 Å². The Morgan fingerprint density at radius 1 is 1.17 bits per heavy atom. The van der Waals surface area contributed by atoms with Gasteiger partial charge in [0.2, 0.25) is 0 Å². The number of likely N-dealkylation sites (N-methyl/N-ethyl adjacent to an activating group) is 1. The molecule has 1 atom stereocenters. The Bertz CT molecular complexity index is 408. The van der Waals surface area contributed by atoms with Gasteiger partial charge in [-0.15, -0.1) is 0 Å². The molecule has 0 aromatic heterocycles. The van der Waals surface area contributed by atoms with Crippen molar-refractivity contribution in [3.05, 3.63) is 35.9 Å². The van der Waals surface area contributed by atoms with E-state index in [1.54, 1.807) is 6.92 Å². The van der Waals surface area contributed by atoms with Crippen molar-refractivity contribution in [3.8, 4) is 0 Å². The molecule has 3 heteroatoms. The van der Waals surface area contributed by atoms with Crippen molar-refractivity contribution in [2.24, 2.45) is 5.41 Å². The normalized spacial score (nSPS) is 15.4. The van der Waals surface area contributed by atoms with Gasteiger partial charge in [-0.3, -0.25) is 4.90 Å². The maximum Gasteiger partial charge on any atom is 0.328 e. The minimum Gasteiger partial charge on any atom is -0.480 e. The Kier molecular flexibility index (Phi) is 4.17. The quantitative estimate of drug-likeness (QED) is 0.892. The lowest BCUT2D eigenvalue weighted by molar-refractivity contribution is -0.151. The maximum absolute atomic E-state index is 11.7. The summed E-state index contributed by atoms with van der Waals surface area (Å²) >= 11 is 0. The van der Waals surface area contributed by atoms with Crippen LogP contribution in [0.1, 0.15) is 33.3 Å². The second kappa shape index (κ2) is 5.11. The molecule has 0 spiro atoms. The van der Waals surface area contributed by atoms with Crippen LogP contribution in [0.25, 0.3) is 0 Å². The minimum absolute atomic E-state index is 0.0558. The third kappa shape index (κ3) is 3.10. The van der Waals surface area contributed by atoms with Crippen molar-refractivity contribution >= 4 is 5.97 Å². The Labute approximate surface area is 109 Å². The molecule has 0 heterocycles. The number of hydrogen-bond donors (Lipinski definition) is 1. The predicted octanol–water partition coefficient (Wildman–Crippen LogP) is 2.96. The number of aliphatic carboxylic acids is 1. The van der Waals surface area contributed by atoms with Crippen LogP contribution < -0.4 is 0 Å². The third-order valence-electron chi connectivity index (χ3n) is 3.23. The van der Waals surface area contributed by atoms with Gasteiger partial charge in [0, 0.05) is 6.54 Å². The molecule has 0 bridgehead atoms. The number of carbonyl (C=O) groups is 1. The average molecular weight is 249 g/mol. The fourth-order valence-corrected chi connectivity index (χ4v) is 2.14. The summed E-state index contributed by atoms with van der Waals surface area (Å²) in [5, 5.41) is 9.61. The molecule has 0 aliphatic rings. The summed E-state index contributed by atoms with van der Waals surface area (Å²) < 4.78 is 0. The molecule has 18 heavy (non-hydrogen) atoms. The van der Waals surface area contributed by atoms with Crippen LogP contribution in [0, 0.1) is 5.41 Å². The summed E-state index contributed by atoms with van der Waals surface area (Å²) in [7, 11) is 1.87. The lowest BCUT2D eigenvalue weighted by Crippen LogP contribution is -2.50. The number of carboxylic acids is 1. The van der Waals surface area contributed by atoms with E-state index in [1.165, 1.54) is 0 Å². The van der Waals surface area contributed by atoms with E-state index >= 15 is 0 Å². The smallest absolute Gasteiger partial charge is 0.328 e. The molecular formula is C15H23NO2.